The first-order chi connectivity index (χ1) is 18.3. The highest BCUT2D eigenvalue weighted by Gasteiger charge is 2.45. The van der Waals surface area contributed by atoms with Gasteiger partial charge in [-0.05, 0) is 67.3 Å². The van der Waals surface area contributed by atoms with E-state index in [9.17, 15) is 14.7 Å². The minimum absolute atomic E-state index is 0.0110. The monoisotopic (exact) mass is 541 g/mol. The maximum atomic E-state index is 13.8. The number of phenols is 1. The molecule has 7 nitrogen and oxygen atoms in total. The maximum Gasteiger partial charge on any atom is 0.297 e. The third kappa shape index (κ3) is 4.17. The Morgan fingerprint density at radius 2 is 1.76 bits per heavy atom. The van der Waals surface area contributed by atoms with Gasteiger partial charge in [0.2, 0.25) is 10.9 Å². The van der Waals surface area contributed by atoms with Crippen LogP contribution < -0.4 is 10.3 Å². The van der Waals surface area contributed by atoms with Crippen LogP contribution in [0.3, 0.4) is 0 Å². The Kier molecular flexibility index (Phi) is 6.04. The molecule has 1 amide bonds. The molecule has 1 aliphatic heterocycles. The molecule has 3 aromatic carbocycles. The van der Waals surface area contributed by atoms with Crippen LogP contribution >= 0.6 is 23.1 Å². The molecular weight excluding hydrogens is 518 g/mol. The summed E-state index contributed by atoms with van der Waals surface area (Å²) in [6.07, 6.45) is 0. The average molecular weight is 542 g/mol. The molecule has 3 heterocycles. The molecule has 6 rings (SSSR count). The van der Waals surface area contributed by atoms with Gasteiger partial charge in [0.05, 0.1) is 17.0 Å². The number of amides is 1. The van der Waals surface area contributed by atoms with E-state index in [4.69, 9.17) is 4.42 Å². The normalized spacial score (nSPS) is 14.9. The number of carbonyl (C=O) groups is 1. The highest BCUT2D eigenvalue weighted by atomic mass is 32.2. The number of aromatic nitrogens is 2. The van der Waals surface area contributed by atoms with Crippen molar-refractivity contribution in [2.75, 3.05) is 4.90 Å². The molecule has 1 atom stereocenters. The van der Waals surface area contributed by atoms with E-state index >= 15 is 0 Å². The second kappa shape index (κ2) is 9.41. The molecule has 0 radical (unpaired) electrons. The van der Waals surface area contributed by atoms with Gasteiger partial charge in [0.15, 0.2) is 9.77 Å². The van der Waals surface area contributed by atoms with Crippen molar-refractivity contribution in [3.8, 4) is 5.75 Å². The van der Waals surface area contributed by atoms with Crippen LogP contribution in [0.5, 0.6) is 5.75 Å². The molecular formula is C29H23N3O4S2. The van der Waals surface area contributed by atoms with Crippen molar-refractivity contribution >= 4 is 45.1 Å². The molecule has 0 spiro atoms. The lowest BCUT2D eigenvalue weighted by Gasteiger charge is -2.22. The second-order valence-electron chi connectivity index (χ2n) is 9.40. The van der Waals surface area contributed by atoms with Crippen LogP contribution in [0.4, 0.5) is 5.13 Å². The fourth-order valence-electron chi connectivity index (χ4n) is 4.62. The van der Waals surface area contributed by atoms with E-state index in [0.29, 0.717) is 31.8 Å². The van der Waals surface area contributed by atoms with Crippen LogP contribution in [-0.2, 0) is 5.75 Å². The van der Waals surface area contributed by atoms with E-state index in [1.165, 1.54) is 33.6 Å². The first-order valence-corrected chi connectivity index (χ1v) is 13.8. The first-order valence-electron chi connectivity index (χ1n) is 12.0. The minimum Gasteiger partial charge on any atom is -0.508 e. The minimum atomic E-state index is -0.810. The van der Waals surface area contributed by atoms with E-state index in [0.717, 1.165) is 16.7 Å². The molecule has 190 valence electrons. The summed E-state index contributed by atoms with van der Waals surface area (Å²) in [5.74, 6) is 0.273. The van der Waals surface area contributed by atoms with E-state index < -0.39 is 11.9 Å². The topological polar surface area (TPSA) is 96.5 Å². The van der Waals surface area contributed by atoms with Gasteiger partial charge in [0, 0.05) is 5.75 Å². The van der Waals surface area contributed by atoms with E-state index in [-0.39, 0.29) is 22.5 Å². The quantitative estimate of drug-likeness (QED) is 0.205. The number of rotatable bonds is 5. The number of anilines is 1. The molecule has 0 saturated heterocycles. The van der Waals surface area contributed by atoms with Crippen molar-refractivity contribution < 1.29 is 14.3 Å². The summed E-state index contributed by atoms with van der Waals surface area (Å²) in [5.41, 5.74) is 5.19. The van der Waals surface area contributed by atoms with Crippen LogP contribution in [-0.4, -0.2) is 21.2 Å². The number of phenolic OH excluding ortho intramolecular Hbond substituents is 1. The van der Waals surface area contributed by atoms with Crippen LogP contribution in [0.15, 0.2) is 74.2 Å². The predicted octanol–water partition coefficient (Wildman–Crippen LogP) is 6.32. The molecule has 1 aliphatic rings. The average Bonchev–Trinajstić information content (AvgIpc) is 3.47. The number of aryl methyl sites for hydroxylation is 3. The van der Waals surface area contributed by atoms with Gasteiger partial charge in [-0.25, -0.2) is 0 Å². The molecule has 38 heavy (non-hydrogen) atoms. The molecule has 2 aromatic heterocycles. The Morgan fingerprint density at radius 1 is 1.00 bits per heavy atom. The van der Waals surface area contributed by atoms with Crippen LogP contribution in [0, 0.1) is 20.8 Å². The third-order valence-corrected chi connectivity index (χ3v) is 8.88. The highest BCUT2D eigenvalue weighted by Crippen LogP contribution is 2.44. The van der Waals surface area contributed by atoms with Crippen molar-refractivity contribution in [1.82, 2.24) is 10.2 Å². The molecule has 0 fully saturated rings. The smallest absolute Gasteiger partial charge is 0.297 e. The van der Waals surface area contributed by atoms with Crippen LogP contribution in [0.1, 0.15) is 50.0 Å². The Morgan fingerprint density at radius 3 is 2.53 bits per heavy atom. The van der Waals surface area contributed by atoms with Crippen LogP contribution in [0.2, 0.25) is 0 Å². The van der Waals surface area contributed by atoms with Gasteiger partial charge >= 0.3 is 0 Å². The van der Waals surface area contributed by atoms with Gasteiger partial charge in [0.1, 0.15) is 11.3 Å². The Hall–Kier alpha value is -3.95. The fraction of sp³-hybridized carbons (Fsp3) is 0.172. The van der Waals surface area contributed by atoms with Gasteiger partial charge in [-0.1, -0.05) is 65.1 Å². The first kappa shape index (κ1) is 24.4. The summed E-state index contributed by atoms with van der Waals surface area (Å²) in [7, 11) is 0. The number of benzene rings is 3. The van der Waals surface area contributed by atoms with Gasteiger partial charge in [0.25, 0.3) is 5.91 Å². The standard InChI is InChI=1S/C29H23N3O4S2/c1-15-7-9-18(10-8-15)14-37-29-31-30-28(38-29)32-24(19-5-4-6-20(33)13-19)23-25(34)21-11-16(2)17(3)12-22(21)36-26(23)27(32)35/h4-13,24,33H,14H2,1-3H3. The summed E-state index contributed by atoms with van der Waals surface area (Å²) >= 11 is 2.82. The number of nitrogens with zero attached hydrogens (tertiary/aromatic N) is 3. The molecule has 5 aromatic rings. The molecule has 0 bridgehead atoms. The van der Waals surface area contributed by atoms with Crippen molar-refractivity contribution in [1.29, 1.82) is 0 Å². The van der Waals surface area contributed by atoms with Crippen molar-refractivity contribution in [2.24, 2.45) is 0 Å². The zero-order valence-electron chi connectivity index (χ0n) is 20.9. The number of hydrogen-bond acceptors (Lipinski definition) is 8. The summed E-state index contributed by atoms with van der Waals surface area (Å²) in [4.78, 5) is 29.1. The third-order valence-electron chi connectivity index (χ3n) is 6.76. The van der Waals surface area contributed by atoms with Crippen LogP contribution in [0.25, 0.3) is 11.0 Å². The van der Waals surface area contributed by atoms with E-state index in [1.54, 1.807) is 36.4 Å². The molecule has 0 aliphatic carbocycles. The molecule has 9 heteroatoms. The number of fused-ring (bicyclic) bond motifs is 2. The Labute approximate surface area is 226 Å². The molecule has 1 unspecified atom stereocenters. The summed E-state index contributed by atoms with van der Waals surface area (Å²) in [6.45, 7) is 5.91. The van der Waals surface area contributed by atoms with Crippen molar-refractivity contribution in [3.05, 3.63) is 110 Å². The zero-order valence-corrected chi connectivity index (χ0v) is 22.5. The summed E-state index contributed by atoms with van der Waals surface area (Å²) in [6, 6.07) is 17.6. The number of carbonyl (C=O) groups excluding carboxylic acids is 1. The van der Waals surface area contributed by atoms with E-state index in [2.05, 4.69) is 34.5 Å². The number of thioether (sulfide) groups is 1. The van der Waals surface area contributed by atoms with E-state index in [1.807, 2.05) is 20.8 Å². The second-order valence-corrected chi connectivity index (χ2v) is 11.6. The molecule has 1 N–H and O–H groups in total. The Balaban J connectivity index is 1.44. The SMILES string of the molecule is Cc1ccc(CSc2nnc(N3C(=O)c4oc5cc(C)c(C)cc5c(=O)c4C3c3cccc(O)c3)s2)cc1. The maximum absolute atomic E-state index is 13.8. The highest BCUT2D eigenvalue weighted by molar-refractivity contribution is 8.00. The zero-order chi connectivity index (χ0) is 26.6. The number of aromatic hydroxyl groups is 1. The fourth-order valence-corrected chi connectivity index (χ4v) is 6.45. The number of hydrogen-bond donors (Lipinski definition) is 1. The summed E-state index contributed by atoms with van der Waals surface area (Å²) in [5, 5.41) is 19.6. The largest absolute Gasteiger partial charge is 0.508 e. The summed E-state index contributed by atoms with van der Waals surface area (Å²) < 4.78 is 6.79. The van der Waals surface area contributed by atoms with Gasteiger partial charge < -0.3 is 9.52 Å². The van der Waals surface area contributed by atoms with Gasteiger partial charge in [-0.15, -0.1) is 10.2 Å². The molecule has 0 saturated carbocycles. The Bertz CT molecular complexity index is 1780. The van der Waals surface area contributed by atoms with Gasteiger partial charge in [-0.3, -0.25) is 14.5 Å². The van der Waals surface area contributed by atoms with Crippen molar-refractivity contribution in [2.45, 2.75) is 36.9 Å². The predicted molar refractivity (Wildman–Crippen MR) is 149 cm³/mol. The lowest BCUT2D eigenvalue weighted by molar-refractivity contribution is 0.0970. The lowest BCUT2D eigenvalue weighted by atomic mass is 9.97. The lowest BCUT2D eigenvalue weighted by Crippen LogP contribution is -2.29. The van der Waals surface area contributed by atoms with Crippen molar-refractivity contribution in [3.63, 3.8) is 0 Å². The van der Waals surface area contributed by atoms with Gasteiger partial charge in [-0.2, -0.15) is 0 Å².